The van der Waals surface area contributed by atoms with E-state index in [0.717, 1.165) is 23.5 Å². The van der Waals surface area contributed by atoms with Gasteiger partial charge in [0.1, 0.15) is 10.6 Å². The normalized spacial score (nSPS) is 15.0. The van der Waals surface area contributed by atoms with Crippen LogP contribution in [0.5, 0.6) is 0 Å². The number of amides is 1. The second-order valence-electron chi connectivity index (χ2n) is 6.53. The van der Waals surface area contributed by atoms with Crippen LogP contribution in [0, 0.1) is 13.8 Å². The summed E-state index contributed by atoms with van der Waals surface area (Å²) in [5.74, 6) is -0.325. The SMILES string of the molecule is Cc1cc(C)n(C)c(=O)c1C(=O)N[C@H](C)c1nc2c(s1)CCCC2. The average molecular weight is 345 g/mol. The van der Waals surface area contributed by atoms with E-state index in [1.54, 1.807) is 25.3 Å². The van der Waals surface area contributed by atoms with E-state index in [9.17, 15) is 9.59 Å². The minimum atomic E-state index is -0.325. The Bertz CT molecular complexity index is 827. The molecule has 0 fully saturated rings. The van der Waals surface area contributed by atoms with Crippen LogP contribution in [0.25, 0.3) is 0 Å². The molecule has 1 aliphatic rings. The molecule has 5 nitrogen and oxygen atoms in total. The summed E-state index contributed by atoms with van der Waals surface area (Å²) in [6, 6.07) is 1.67. The molecule has 0 saturated heterocycles. The fourth-order valence-corrected chi connectivity index (χ4v) is 4.30. The number of carbonyl (C=O) groups is 1. The number of hydrogen-bond donors (Lipinski definition) is 1. The second kappa shape index (κ2) is 6.51. The molecule has 0 aromatic carbocycles. The van der Waals surface area contributed by atoms with Crippen molar-refractivity contribution in [3.8, 4) is 0 Å². The van der Waals surface area contributed by atoms with E-state index in [-0.39, 0.29) is 23.1 Å². The maximum atomic E-state index is 12.6. The summed E-state index contributed by atoms with van der Waals surface area (Å²) in [7, 11) is 1.69. The Kier molecular flexibility index (Phi) is 4.58. The first-order valence-corrected chi connectivity index (χ1v) is 9.16. The zero-order chi connectivity index (χ0) is 17.4. The Morgan fingerprint density at radius 3 is 2.75 bits per heavy atom. The molecule has 24 heavy (non-hydrogen) atoms. The standard InChI is InChI=1S/C18H23N3O2S/c1-10-9-11(2)21(4)18(23)15(10)16(22)19-12(3)17-20-13-7-5-6-8-14(13)24-17/h9,12H,5-8H2,1-4H3,(H,19,22)/t12-/m1/s1. The lowest BCUT2D eigenvalue weighted by molar-refractivity contribution is 0.0937. The zero-order valence-corrected chi connectivity index (χ0v) is 15.4. The van der Waals surface area contributed by atoms with Crippen molar-refractivity contribution in [1.29, 1.82) is 0 Å². The van der Waals surface area contributed by atoms with Gasteiger partial charge in [0, 0.05) is 17.6 Å². The van der Waals surface area contributed by atoms with Gasteiger partial charge < -0.3 is 9.88 Å². The molecule has 0 unspecified atom stereocenters. The van der Waals surface area contributed by atoms with Crippen molar-refractivity contribution >= 4 is 17.2 Å². The van der Waals surface area contributed by atoms with Crippen LogP contribution in [0.4, 0.5) is 0 Å². The Morgan fingerprint density at radius 2 is 2.04 bits per heavy atom. The Labute approximate surface area is 145 Å². The zero-order valence-electron chi connectivity index (χ0n) is 14.6. The third kappa shape index (κ3) is 3.02. The highest BCUT2D eigenvalue weighted by atomic mass is 32.1. The number of hydrogen-bond acceptors (Lipinski definition) is 4. The van der Waals surface area contributed by atoms with E-state index in [4.69, 9.17) is 4.98 Å². The third-order valence-corrected chi connectivity index (χ3v) is 6.01. The van der Waals surface area contributed by atoms with Gasteiger partial charge >= 0.3 is 0 Å². The molecule has 1 amide bonds. The predicted molar refractivity (Wildman–Crippen MR) is 95.8 cm³/mol. The first-order valence-electron chi connectivity index (χ1n) is 8.35. The second-order valence-corrected chi connectivity index (χ2v) is 7.65. The first-order chi connectivity index (χ1) is 11.4. The van der Waals surface area contributed by atoms with Gasteiger partial charge in [-0.25, -0.2) is 4.98 Å². The van der Waals surface area contributed by atoms with Gasteiger partial charge in [-0.3, -0.25) is 9.59 Å². The summed E-state index contributed by atoms with van der Waals surface area (Å²) >= 11 is 1.69. The molecule has 2 aromatic rings. The average Bonchev–Trinajstić information content (AvgIpc) is 2.97. The minimum absolute atomic E-state index is 0.196. The van der Waals surface area contributed by atoms with Crippen LogP contribution >= 0.6 is 11.3 Å². The molecule has 0 spiro atoms. The molecule has 2 heterocycles. The Balaban J connectivity index is 1.83. The van der Waals surface area contributed by atoms with Crippen LogP contribution in [-0.2, 0) is 19.9 Å². The summed E-state index contributed by atoms with van der Waals surface area (Å²) in [5.41, 5.74) is 2.70. The van der Waals surface area contributed by atoms with Gasteiger partial charge in [0.15, 0.2) is 0 Å². The topological polar surface area (TPSA) is 64.0 Å². The molecule has 1 aliphatic carbocycles. The molecule has 3 rings (SSSR count). The van der Waals surface area contributed by atoms with E-state index >= 15 is 0 Å². The van der Waals surface area contributed by atoms with Crippen molar-refractivity contribution in [1.82, 2.24) is 14.9 Å². The predicted octanol–water partition coefficient (Wildman–Crippen LogP) is 2.83. The fourth-order valence-electron chi connectivity index (χ4n) is 3.14. The number of aromatic nitrogens is 2. The molecule has 0 saturated carbocycles. The van der Waals surface area contributed by atoms with Gasteiger partial charge in [-0.1, -0.05) is 0 Å². The van der Waals surface area contributed by atoms with Crippen LogP contribution in [0.15, 0.2) is 10.9 Å². The molecular weight excluding hydrogens is 322 g/mol. The van der Waals surface area contributed by atoms with Crippen molar-refractivity contribution in [2.75, 3.05) is 0 Å². The highest BCUT2D eigenvalue weighted by Crippen LogP contribution is 2.29. The quantitative estimate of drug-likeness (QED) is 0.930. The first kappa shape index (κ1) is 16.9. The lowest BCUT2D eigenvalue weighted by atomic mass is 10.0. The molecule has 0 aliphatic heterocycles. The van der Waals surface area contributed by atoms with Gasteiger partial charge in [-0.05, 0) is 58.1 Å². The van der Waals surface area contributed by atoms with Crippen molar-refractivity contribution < 1.29 is 4.79 Å². The van der Waals surface area contributed by atoms with Crippen LogP contribution in [0.3, 0.4) is 0 Å². The highest BCUT2D eigenvalue weighted by Gasteiger charge is 2.22. The van der Waals surface area contributed by atoms with Crippen molar-refractivity contribution in [2.24, 2.45) is 7.05 Å². The number of carbonyl (C=O) groups excluding carboxylic acids is 1. The van der Waals surface area contributed by atoms with Gasteiger partial charge in [0.25, 0.3) is 11.5 Å². The number of rotatable bonds is 3. The van der Waals surface area contributed by atoms with Crippen LogP contribution in [0.1, 0.15) is 63.0 Å². The number of nitrogens with one attached hydrogen (secondary N) is 1. The summed E-state index contributed by atoms with van der Waals surface area (Å²) in [6.07, 6.45) is 4.53. The molecule has 0 radical (unpaired) electrons. The lowest BCUT2D eigenvalue weighted by Crippen LogP contribution is -2.35. The number of nitrogens with zero attached hydrogens (tertiary/aromatic N) is 2. The molecule has 0 bridgehead atoms. The summed E-state index contributed by atoms with van der Waals surface area (Å²) in [4.78, 5) is 31.1. The molecule has 128 valence electrons. The summed E-state index contributed by atoms with van der Waals surface area (Å²) in [5, 5.41) is 3.87. The third-order valence-electron chi connectivity index (χ3n) is 4.67. The van der Waals surface area contributed by atoms with Crippen molar-refractivity contribution in [2.45, 2.75) is 52.5 Å². The Morgan fingerprint density at radius 1 is 1.33 bits per heavy atom. The molecular formula is C18H23N3O2S. The number of aryl methyl sites for hydroxylation is 4. The number of fused-ring (bicyclic) bond motifs is 1. The largest absolute Gasteiger partial charge is 0.343 e. The van der Waals surface area contributed by atoms with Crippen molar-refractivity contribution in [3.63, 3.8) is 0 Å². The van der Waals surface area contributed by atoms with Gasteiger partial charge in [0.05, 0.1) is 11.7 Å². The summed E-state index contributed by atoms with van der Waals surface area (Å²) in [6.45, 7) is 5.59. The monoisotopic (exact) mass is 345 g/mol. The van der Waals surface area contributed by atoms with Crippen LogP contribution in [0.2, 0.25) is 0 Å². The smallest absolute Gasteiger partial charge is 0.263 e. The lowest BCUT2D eigenvalue weighted by Gasteiger charge is -2.14. The Hall–Kier alpha value is -1.95. The van der Waals surface area contributed by atoms with Crippen LogP contribution < -0.4 is 10.9 Å². The molecule has 1 atom stereocenters. The maximum Gasteiger partial charge on any atom is 0.263 e. The van der Waals surface area contributed by atoms with E-state index < -0.39 is 0 Å². The van der Waals surface area contributed by atoms with Gasteiger partial charge in [0.2, 0.25) is 0 Å². The summed E-state index contributed by atoms with van der Waals surface area (Å²) < 4.78 is 1.51. The maximum absolute atomic E-state index is 12.6. The van der Waals surface area contributed by atoms with Crippen LogP contribution in [-0.4, -0.2) is 15.5 Å². The highest BCUT2D eigenvalue weighted by molar-refractivity contribution is 7.11. The van der Waals surface area contributed by atoms with E-state index in [1.807, 2.05) is 19.9 Å². The minimum Gasteiger partial charge on any atom is -0.343 e. The molecule has 6 heteroatoms. The van der Waals surface area contributed by atoms with E-state index in [0.29, 0.717) is 5.56 Å². The fraction of sp³-hybridized carbons (Fsp3) is 0.500. The molecule has 1 N–H and O–H groups in total. The number of thiazole rings is 1. The van der Waals surface area contributed by atoms with Gasteiger partial charge in [-0.15, -0.1) is 11.3 Å². The van der Waals surface area contributed by atoms with E-state index in [2.05, 4.69) is 5.32 Å². The van der Waals surface area contributed by atoms with Gasteiger partial charge in [-0.2, -0.15) is 0 Å². The number of pyridine rings is 1. The molecule has 2 aromatic heterocycles. The van der Waals surface area contributed by atoms with E-state index in [1.165, 1.54) is 28.0 Å². The van der Waals surface area contributed by atoms with Crippen molar-refractivity contribution in [3.05, 3.63) is 48.8 Å².